The number of ether oxygens (including phenoxy) is 1. The van der Waals surface area contributed by atoms with Gasteiger partial charge in [0, 0.05) is 30.2 Å². The number of hydrogen-bond donors (Lipinski definition) is 1. The summed E-state index contributed by atoms with van der Waals surface area (Å²) in [5, 5.41) is 8.88. The lowest BCUT2D eigenvalue weighted by Crippen LogP contribution is -2.23. The van der Waals surface area contributed by atoms with Gasteiger partial charge in [-0.2, -0.15) is 5.10 Å². The molecule has 0 saturated carbocycles. The summed E-state index contributed by atoms with van der Waals surface area (Å²) >= 11 is 0. The van der Waals surface area contributed by atoms with Crippen LogP contribution < -0.4 is 4.74 Å². The van der Waals surface area contributed by atoms with Gasteiger partial charge in [0.15, 0.2) is 11.6 Å². The minimum absolute atomic E-state index is 0.287. The first-order valence-electron chi connectivity index (χ1n) is 10.8. The first-order valence-corrected chi connectivity index (χ1v) is 10.8. The fourth-order valence-corrected chi connectivity index (χ4v) is 4.32. The van der Waals surface area contributed by atoms with E-state index in [1.54, 1.807) is 18.2 Å². The number of halogens is 1. The number of H-pyrrole nitrogens is 1. The van der Waals surface area contributed by atoms with Crippen molar-refractivity contribution in [2.45, 2.75) is 31.8 Å². The molecular weight excluding hydrogens is 391 g/mol. The Labute approximate surface area is 180 Å². The van der Waals surface area contributed by atoms with Crippen molar-refractivity contribution in [3.8, 4) is 5.75 Å². The summed E-state index contributed by atoms with van der Waals surface area (Å²) in [4.78, 5) is 6.90. The van der Waals surface area contributed by atoms with Crippen molar-refractivity contribution in [2.24, 2.45) is 0 Å². The Hall–Kier alpha value is -3.25. The van der Waals surface area contributed by atoms with E-state index in [1.165, 1.54) is 23.4 Å². The van der Waals surface area contributed by atoms with Gasteiger partial charge in [0.25, 0.3) is 0 Å². The average molecular weight is 417 g/mol. The standard InChI is InChI=1S/C25H25FN4O/c26-21-6-1-2-8-25(21)31-14-11-20-16-23(29-28-20)24-7-4-13-30(24)17-18-9-10-22-19(15-18)5-3-12-27-22/h1-3,5-6,8-10,12,15-16,24H,4,7,11,13-14,17H2,(H,28,29)/t24-/m0/s1. The first kappa shape index (κ1) is 19.7. The van der Waals surface area contributed by atoms with Crippen LogP contribution in [0.25, 0.3) is 10.9 Å². The third-order valence-electron chi connectivity index (χ3n) is 5.87. The Balaban J connectivity index is 1.22. The number of aromatic amines is 1. The molecule has 0 amide bonds. The second-order valence-electron chi connectivity index (χ2n) is 8.01. The highest BCUT2D eigenvalue weighted by atomic mass is 19.1. The molecule has 31 heavy (non-hydrogen) atoms. The van der Waals surface area contributed by atoms with Gasteiger partial charge in [0.2, 0.25) is 0 Å². The van der Waals surface area contributed by atoms with Crippen molar-refractivity contribution in [3.05, 3.63) is 89.6 Å². The first-order chi connectivity index (χ1) is 15.3. The number of fused-ring (bicyclic) bond motifs is 1. The molecule has 1 atom stereocenters. The van der Waals surface area contributed by atoms with Crippen LogP contribution in [0.1, 0.15) is 35.8 Å². The summed E-state index contributed by atoms with van der Waals surface area (Å²) in [6.45, 7) is 2.37. The van der Waals surface area contributed by atoms with E-state index in [1.807, 2.05) is 12.3 Å². The zero-order valence-corrected chi connectivity index (χ0v) is 17.3. The van der Waals surface area contributed by atoms with Crippen LogP contribution in [0.2, 0.25) is 0 Å². The topological polar surface area (TPSA) is 54.0 Å². The van der Waals surface area contributed by atoms with Crippen LogP contribution in [0.15, 0.2) is 66.9 Å². The van der Waals surface area contributed by atoms with E-state index in [9.17, 15) is 4.39 Å². The summed E-state index contributed by atoms with van der Waals surface area (Å²) in [6.07, 6.45) is 4.75. The van der Waals surface area contributed by atoms with E-state index >= 15 is 0 Å². The van der Waals surface area contributed by atoms with Crippen LogP contribution in [0, 0.1) is 5.82 Å². The van der Waals surface area contributed by atoms with Crippen molar-refractivity contribution in [3.63, 3.8) is 0 Å². The zero-order chi connectivity index (χ0) is 21.0. The van der Waals surface area contributed by atoms with E-state index in [2.05, 4.69) is 50.4 Å². The summed E-state index contributed by atoms with van der Waals surface area (Å²) in [6, 6.07) is 19.5. The number of likely N-dealkylation sites (tertiary alicyclic amines) is 1. The molecule has 2 aromatic carbocycles. The SMILES string of the molecule is Fc1ccccc1OCCc1cc([C@@H]2CCCN2Cc2ccc3ncccc3c2)n[nH]1. The molecule has 0 unspecified atom stereocenters. The molecule has 0 bridgehead atoms. The molecule has 1 saturated heterocycles. The largest absolute Gasteiger partial charge is 0.490 e. The molecular formula is C25H25FN4O. The number of benzene rings is 2. The predicted octanol–water partition coefficient (Wildman–Crippen LogP) is 5.06. The van der Waals surface area contributed by atoms with Crippen LogP contribution in [-0.4, -0.2) is 33.2 Å². The Bertz CT molecular complexity index is 1170. The average Bonchev–Trinajstić information content (AvgIpc) is 3.44. The Morgan fingerprint density at radius 2 is 2.03 bits per heavy atom. The Kier molecular flexibility index (Phi) is 5.63. The number of para-hydroxylation sites is 1. The normalized spacial score (nSPS) is 16.7. The van der Waals surface area contributed by atoms with E-state index in [0.717, 1.165) is 36.4 Å². The maximum absolute atomic E-state index is 13.7. The number of nitrogens with one attached hydrogen (secondary N) is 1. The van der Waals surface area contributed by atoms with Gasteiger partial charge in [-0.15, -0.1) is 0 Å². The van der Waals surface area contributed by atoms with Gasteiger partial charge in [-0.3, -0.25) is 15.0 Å². The van der Waals surface area contributed by atoms with E-state index in [4.69, 9.17) is 4.74 Å². The number of hydrogen-bond acceptors (Lipinski definition) is 4. The van der Waals surface area contributed by atoms with Crippen LogP contribution in [0.5, 0.6) is 5.75 Å². The lowest BCUT2D eigenvalue weighted by molar-refractivity contribution is 0.244. The third-order valence-corrected chi connectivity index (χ3v) is 5.87. The summed E-state index contributed by atoms with van der Waals surface area (Å²) < 4.78 is 19.3. The molecule has 1 aliphatic rings. The number of nitrogens with zero attached hydrogens (tertiary/aromatic N) is 3. The molecule has 5 nitrogen and oxygen atoms in total. The highest BCUT2D eigenvalue weighted by molar-refractivity contribution is 5.78. The monoisotopic (exact) mass is 416 g/mol. The zero-order valence-electron chi connectivity index (χ0n) is 17.3. The maximum Gasteiger partial charge on any atom is 0.165 e. The molecule has 0 radical (unpaired) electrons. The van der Waals surface area contributed by atoms with Crippen LogP contribution in [0.3, 0.4) is 0 Å². The van der Waals surface area contributed by atoms with Gasteiger partial charge >= 0.3 is 0 Å². The van der Waals surface area contributed by atoms with Crippen molar-refractivity contribution >= 4 is 10.9 Å². The summed E-state index contributed by atoms with van der Waals surface area (Å²) in [7, 11) is 0. The van der Waals surface area contributed by atoms with Crippen molar-refractivity contribution in [1.82, 2.24) is 20.1 Å². The predicted molar refractivity (Wildman–Crippen MR) is 118 cm³/mol. The molecule has 5 rings (SSSR count). The smallest absolute Gasteiger partial charge is 0.165 e. The van der Waals surface area contributed by atoms with Gasteiger partial charge in [-0.25, -0.2) is 4.39 Å². The van der Waals surface area contributed by atoms with Crippen LogP contribution in [0.4, 0.5) is 4.39 Å². The fourth-order valence-electron chi connectivity index (χ4n) is 4.32. The molecule has 158 valence electrons. The van der Waals surface area contributed by atoms with Gasteiger partial charge in [0.05, 0.1) is 23.9 Å². The molecule has 3 heterocycles. The Morgan fingerprint density at radius 1 is 1.10 bits per heavy atom. The summed E-state index contributed by atoms with van der Waals surface area (Å²) in [5.41, 5.74) is 4.40. The van der Waals surface area contributed by atoms with Gasteiger partial charge in [-0.05, 0) is 61.3 Å². The molecule has 1 fully saturated rings. The minimum Gasteiger partial charge on any atom is -0.490 e. The van der Waals surface area contributed by atoms with Crippen molar-refractivity contribution < 1.29 is 9.13 Å². The van der Waals surface area contributed by atoms with Crippen LogP contribution in [-0.2, 0) is 13.0 Å². The molecule has 1 aliphatic heterocycles. The quantitative estimate of drug-likeness (QED) is 0.458. The molecule has 2 aromatic heterocycles. The van der Waals surface area contributed by atoms with Crippen molar-refractivity contribution in [2.75, 3.05) is 13.2 Å². The fraction of sp³-hybridized carbons (Fsp3) is 0.280. The second-order valence-corrected chi connectivity index (χ2v) is 8.01. The lowest BCUT2D eigenvalue weighted by Gasteiger charge is -2.23. The highest BCUT2D eigenvalue weighted by Gasteiger charge is 2.28. The lowest BCUT2D eigenvalue weighted by atomic mass is 10.1. The third kappa shape index (κ3) is 4.44. The number of aromatic nitrogens is 3. The van der Waals surface area contributed by atoms with Gasteiger partial charge < -0.3 is 4.74 Å². The van der Waals surface area contributed by atoms with Gasteiger partial charge in [-0.1, -0.05) is 24.3 Å². The van der Waals surface area contributed by atoms with E-state index in [-0.39, 0.29) is 11.6 Å². The molecule has 4 aromatic rings. The molecule has 0 spiro atoms. The summed E-state index contributed by atoms with van der Waals surface area (Å²) in [5.74, 6) is -0.0475. The van der Waals surface area contributed by atoms with Crippen molar-refractivity contribution in [1.29, 1.82) is 0 Å². The van der Waals surface area contributed by atoms with E-state index < -0.39 is 0 Å². The Morgan fingerprint density at radius 3 is 2.97 bits per heavy atom. The second kappa shape index (κ2) is 8.86. The minimum atomic E-state index is -0.334. The molecule has 0 aliphatic carbocycles. The van der Waals surface area contributed by atoms with Crippen LogP contribution >= 0.6 is 0 Å². The van der Waals surface area contributed by atoms with Gasteiger partial charge in [0.1, 0.15) is 0 Å². The highest BCUT2D eigenvalue weighted by Crippen LogP contribution is 2.32. The molecule has 1 N–H and O–H groups in total. The van der Waals surface area contributed by atoms with E-state index in [0.29, 0.717) is 19.1 Å². The maximum atomic E-state index is 13.7. The molecule has 6 heteroatoms. The number of pyridine rings is 1. The number of rotatable bonds is 7.